The van der Waals surface area contributed by atoms with Gasteiger partial charge < -0.3 is 15.0 Å². The van der Waals surface area contributed by atoms with Gasteiger partial charge in [0.05, 0.1) is 19.1 Å². The van der Waals surface area contributed by atoms with Crippen LogP contribution in [-0.2, 0) is 9.53 Å². The Balaban J connectivity index is 1.82. The minimum Gasteiger partial charge on any atom is -0.378 e. The Morgan fingerprint density at radius 1 is 1.43 bits per heavy atom. The van der Waals surface area contributed by atoms with E-state index in [1.165, 1.54) is 12.1 Å². The summed E-state index contributed by atoms with van der Waals surface area (Å²) in [7, 11) is 0. The quantitative estimate of drug-likeness (QED) is 0.875. The summed E-state index contributed by atoms with van der Waals surface area (Å²) in [5, 5.41) is 3.28. The van der Waals surface area contributed by atoms with Gasteiger partial charge in [0.2, 0.25) is 5.91 Å². The molecular weight excluding hydrogens is 271 g/mol. The Labute approximate surface area is 125 Å². The molecule has 1 aliphatic heterocycles. The number of amides is 1. The number of halogens is 1. The number of anilines is 1. The SMILES string of the molecule is CCN(C(=O)CCOC1CCNCC1)c1cccc(F)c1. The zero-order valence-corrected chi connectivity index (χ0v) is 12.5. The fourth-order valence-corrected chi connectivity index (χ4v) is 2.56. The molecule has 4 nitrogen and oxygen atoms in total. The molecule has 21 heavy (non-hydrogen) atoms. The van der Waals surface area contributed by atoms with E-state index in [9.17, 15) is 9.18 Å². The molecule has 0 bridgehead atoms. The summed E-state index contributed by atoms with van der Waals surface area (Å²) in [4.78, 5) is 13.8. The maximum Gasteiger partial charge on any atom is 0.229 e. The number of nitrogens with zero attached hydrogens (tertiary/aromatic N) is 1. The van der Waals surface area contributed by atoms with Crippen molar-refractivity contribution in [1.29, 1.82) is 0 Å². The normalized spacial score (nSPS) is 15.9. The largest absolute Gasteiger partial charge is 0.378 e. The highest BCUT2D eigenvalue weighted by atomic mass is 19.1. The molecular formula is C16H23FN2O2. The van der Waals surface area contributed by atoms with E-state index in [1.54, 1.807) is 17.0 Å². The fraction of sp³-hybridized carbons (Fsp3) is 0.562. The smallest absolute Gasteiger partial charge is 0.229 e. The van der Waals surface area contributed by atoms with Crippen LogP contribution < -0.4 is 10.2 Å². The lowest BCUT2D eigenvalue weighted by molar-refractivity contribution is -0.120. The molecule has 5 heteroatoms. The van der Waals surface area contributed by atoms with Crippen molar-refractivity contribution in [1.82, 2.24) is 5.32 Å². The lowest BCUT2D eigenvalue weighted by Gasteiger charge is -2.24. The molecule has 1 heterocycles. The number of nitrogens with one attached hydrogen (secondary N) is 1. The van der Waals surface area contributed by atoms with E-state index in [-0.39, 0.29) is 17.8 Å². The van der Waals surface area contributed by atoms with Crippen LogP contribution in [0.25, 0.3) is 0 Å². The van der Waals surface area contributed by atoms with Gasteiger partial charge in [0.1, 0.15) is 5.82 Å². The third-order valence-electron chi connectivity index (χ3n) is 3.69. The molecule has 0 unspecified atom stereocenters. The zero-order chi connectivity index (χ0) is 15.1. The highest BCUT2D eigenvalue weighted by Crippen LogP contribution is 2.16. The molecule has 1 aromatic carbocycles. The van der Waals surface area contributed by atoms with Crippen molar-refractivity contribution in [3.8, 4) is 0 Å². The molecule has 1 saturated heterocycles. The summed E-state index contributed by atoms with van der Waals surface area (Å²) in [6, 6.07) is 6.13. The van der Waals surface area contributed by atoms with Gasteiger partial charge in [-0.1, -0.05) is 6.07 Å². The van der Waals surface area contributed by atoms with Crippen LogP contribution in [0.2, 0.25) is 0 Å². The third-order valence-corrected chi connectivity index (χ3v) is 3.69. The van der Waals surface area contributed by atoms with Crippen molar-refractivity contribution in [2.24, 2.45) is 0 Å². The van der Waals surface area contributed by atoms with Gasteiger partial charge in [0.15, 0.2) is 0 Å². The van der Waals surface area contributed by atoms with E-state index in [0.29, 0.717) is 25.3 Å². The van der Waals surface area contributed by atoms with Gasteiger partial charge in [-0.25, -0.2) is 4.39 Å². The third kappa shape index (κ3) is 4.79. The summed E-state index contributed by atoms with van der Waals surface area (Å²) >= 11 is 0. The average Bonchev–Trinajstić information content (AvgIpc) is 2.49. The molecule has 1 N–H and O–H groups in total. The van der Waals surface area contributed by atoms with Crippen molar-refractivity contribution < 1.29 is 13.9 Å². The molecule has 0 radical (unpaired) electrons. The zero-order valence-electron chi connectivity index (χ0n) is 12.5. The number of ether oxygens (including phenoxy) is 1. The minimum atomic E-state index is -0.329. The lowest BCUT2D eigenvalue weighted by atomic mass is 10.1. The maximum atomic E-state index is 13.3. The van der Waals surface area contributed by atoms with Gasteiger partial charge >= 0.3 is 0 Å². The van der Waals surface area contributed by atoms with E-state index in [2.05, 4.69) is 5.32 Å². The van der Waals surface area contributed by atoms with Gasteiger partial charge in [-0.2, -0.15) is 0 Å². The molecule has 1 amide bonds. The number of piperidine rings is 1. The molecule has 116 valence electrons. The second-order valence-electron chi connectivity index (χ2n) is 5.19. The molecule has 0 atom stereocenters. The molecule has 0 aromatic heterocycles. The predicted molar refractivity (Wildman–Crippen MR) is 80.9 cm³/mol. The van der Waals surface area contributed by atoms with Crippen molar-refractivity contribution in [3.05, 3.63) is 30.1 Å². The van der Waals surface area contributed by atoms with Crippen LogP contribution in [0.4, 0.5) is 10.1 Å². The van der Waals surface area contributed by atoms with Gasteiger partial charge in [-0.3, -0.25) is 4.79 Å². The van der Waals surface area contributed by atoms with E-state index < -0.39 is 0 Å². The number of carbonyl (C=O) groups is 1. The van der Waals surface area contributed by atoms with Gasteiger partial charge in [0.25, 0.3) is 0 Å². The van der Waals surface area contributed by atoms with E-state index in [4.69, 9.17) is 4.74 Å². The Bertz CT molecular complexity index is 461. The van der Waals surface area contributed by atoms with E-state index >= 15 is 0 Å². The van der Waals surface area contributed by atoms with Crippen molar-refractivity contribution >= 4 is 11.6 Å². The highest BCUT2D eigenvalue weighted by molar-refractivity contribution is 5.93. The van der Waals surface area contributed by atoms with Gasteiger partial charge in [-0.15, -0.1) is 0 Å². The van der Waals surface area contributed by atoms with Crippen LogP contribution in [-0.4, -0.2) is 38.3 Å². The molecule has 0 spiro atoms. The Morgan fingerprint density at radius 3 is 2.86 bits per heavy atom. The number of hydrogen-bond acceptors (Lipinski definition) is 3. The van der Waals surface area contributed by atoms with Crippen LogP contribution in [0, 0.1) is 5.82 Å². The lowest BCUT2D eigenvalue weighted by Crippen LogP contribution is -2.34. The van der Waals surface area contributed by atoms with Crippen LogP contribution in [0.5, 0.6) is 0 Å². The van der Waals surface area contributed by atoms with Crippen LogP contribution in [0.1, 0.15) is 26.2 Å². The average molecular weight is 294 g/mol. The monoisotopic (exact) mass is 294 g/mol. The van der Waals surface area contributed by atoms with Crippen LogP contribution >= 0.6 is 0 Å². The molecule has 1 aliphatic rings. The maximum absolute atomic E-state index is 13.3. The van der Waals surface area contributed by atoms with Gasteiger partial charge in [0, 0.05) is 12.2 Å². The second kappa shape index (κ2) is 8.10. The van der Waals surface area contributed by atoms with Crippen LogP contribution in [0.3, 0.4) is 0 Å². The fourth-order valence-electron chi connectivity index (χ4n) is 2.56. The van der Waals surface area contributed by atoms with Crippen LogP contribution in [0.15, 0.2) is 24.3 Å². The topological polar surface area (TPSA) is 41.6 Å². The molecule has 1 aromatic rings. The summed E-state index contributed by atoms with van der Waals surface area (Å²) in [5.74, 6) is -0.359. The summed E-state index contributed by atoms with van der Waals surface area (Å²) in [6.07, 6.45) is 2.57. The molecule has 1 fully saturated rings. The van der Waals surface area contributed by atoms with Crippen molar-refractivity contribution in [3.63, 3.8) is 0 Å². The first-order valence-electron chi connectivity index (χ1n) is 7.59. The summed E-state index contributed by atoms with van der Waals surface area (Å²) < 4.78 is 19.0. The Hall–Kier alpha value is -1.46. The first kappa shape index (κ1) is 15.9. The van der Waals surface area contributed by atoms with E-state index in [1.807, 2.05) is 6.92 Å². The van der Waals surface area contributed by atoms with E-state index in [0.717, 1.165) is 25.9 Å². The molecule has 2 rings (SSSR count). The second-order valence-corrected chi connectivity index (χ2v) is 5.19. The summed E-state index contributed by atoms with van der Waals surface area (Å²) in [6.45, 7) is 4.79. The number of carbonyl (C=O) groups excluding carboxylic acids is 1. The molecule has 0 saturated carbocycles. The Morgan fingerprint density at radius 2 is 2.19 bits per heavy atom. The summed E-state index contributed by atoms with van der Waals surface area (Å²) in [5.41, 5.74) is 0.601. The molecule has 0 aliphatic carbocycles. The Kier molecular flexibility index (Phi) is 6.14. The van der Waals surface area contributed by atoms with Crippen molar-refractivity contribution in [2.45, 2.75) is 32.3 Å². The highest BCUT2D eigenvalue weighted by Gasteiger charge is 2.17. The first-order chi connectivity index (χ1) is 10.2. The first-order valence-corrected chi connectivity index (χ1v) is 7.59. The van der Waals surface area contributed by atoms with Gasteiger partial charge in [-0.05, 0) is 51.1 Å². The standard InChI is InChI=1S/C16H23FN2O2/c1-2-19(14-5-3-4-13(17)12-14)16(20)8-11-21-15-6-9-18-10-7-15/h3-5,12,15,18H,2,6-11H2,1H3. The number of rotatable bonds is 6. The predicted octanol–water partition coefficient (Wildman–Crippen LogP) is 2.34. The number of benzene rings is 1. The van der Waals surface area contributed by atoms with Crippen molar-refractivity contribution in [2.75, 3.05) is 31.1 Å². The minimum absolute atomic E-state index is 0.0305. The number of hydrogen-bond donors (Lipinski definition) is 1.